The molecule has 3 nitrogen and oxygen atoms in total. The van der Waals surface area contributed by atoms with E-state index >= 15 is 0 Å². The molecule has 1 N–H and O–H groups in total. The van der Waals surface area contributed by atoms with Crippen LogP contribution in [0.1, 0.15) is 36.8 Å². The number of rotatable bonds is 3. The molecule has 0 unspecified atom stereocenters. The van der Waals surface area contributed by atoms with E-state index in [4.69, 9.17) is 0 Å². The molecule has 0 bridgehead atoms. The number of carbonyl (C=O) groups is 1. The second kappa shape index (κ2) is 5.87. The van der Waals surface area contributed by atoms with Crippen molar-refractivity contribution < 1.29 is 9.18 Å². The highest BCUT2D eigenvalue weighted by atomic mass is 19.1. The molecule has 0 aliphatic heterocycles. The minimum atomic E-state index is -0.644. The highest BCUT2D eigenvalue weighted by molar-refractivity contribution is 5.98. The Morgan fingerprint density at radius 2 is 2.00 bits per heavy atom. The van der Waals surface area contributed by atoms with Gasteiger partial charge in [0.05, 0.1) is 5.41 Å². The predicted octanol–water partition coefficient (Wildman–Crippen LogP) is 3.98. The number of nitrogens with zero attached hydrogens (tertiary/aromatic N) is 1. The lowest BCUT2D eigenvalue weighted by molar-refractivity contribution is -0.121. The van der Waals surface area contributed by atoms with Crippen molar-refractivity contribution in [2.24, 2.45) is 0 Å². The van der Waals surface area contributed by atoms with Gasteiger partial charge in [-0.25, -0.2) is 9.37 Å². The molecule has 1 fully saturated rings. The van der Waals surface area contributed by atoms with Gasteiger partial charge in [-0.05, 0) is 49.1 Å². The Labute approximate surface area is 129 Å². The maximum Gasteiger partial charge on any atom is 0.236 e. The fourth-order valence-corrected chi connectivity index (χ4v) is 3.19. The monoisotopic (exact) mass is 298 g/mol. The van der Waals surface area contributed by atoms with E-state index in [2.05, 4.69) is 10.3 Å². The number of amides is 1. The van der Waals surface area contributed by atoms with Crippen molar-refractivity contribution in [1.82, 2.24) is 4.98 Å². The number of anilines is 1. The smallest absolute Gasteiger partial charge is 0.236 e. The minimum Gasteiger partial charge on any atom is -0.310 e. The summed E-state index contributed by atoms with van der Waals surface area (Å²) in [6, 6.07) is 10.1. The van der Waals surface area contributed by atoms with E-state index in [1.165, 1.54) is 12.1 Å². The predicted molar refractivity (Wildman–Crippen MR) is 84.1 cm³/mol. The summed E-state index contributed by atoms with van der Waals surface area (Å²) in [5, 5.41) is 2.90. The molecule has 1 aromatic heterocycles. The van der Waals surface area contributed by atoms with Crippen LogP contribution in [0, 0.1) is 12.7 Å². The maximum absolute atomic E-state index is 13.6. The molecule has 22 heavy (non-hydrogen) atoms. The normalized spacial score (nSPS) is 16.5. The molecule has 0 atom stereocenters. The van der Waals surface area contributed by atoms with E-state index in [0.717, 1.165) is 36.8 Å². The van der Waals surface area contributed by atoms with Gasteiger partial charge < -0.3 is 5.32 Å². The molecule has 0 radical (unpaired) electrons. The lowest BCUT2D eigenvalue weighted by atomic mass is 9.78. The van der Waals surface area contributed by atoms with E-state index in [1.54, 1.807) is 18.3 Å². The van der Waals surface area contributed by atoms with Crippen LogP contribution in [0.25, 0.3) is 0 Å². The molecular weight excluding hydrogens is 279 g/mol. The van der Waals surface area contributed by atoms with E-state index in [-0.39, 0.29) is 11.7 Å². The SMILES string of the molecule is Cc1ccc(NC(=O)C2(c3cccc(F)c3)CCCC2)nc1. The van der Waals surface area contributed by atoms with Crippen LogP contribution < -0.4 is 5.32 Å². The quantitative estimate of drug-likeness (QED) is 0.931. The summed E-state index contributed by atoms with van der Waals surface area (Å²) in [4.78, 5) is 17.1. The Kier molecular flexibility index (Phi) is 3.92. The molecular formula is C18H19FN2O. The topological polar surface area (TPSA) is 42.0 Å². The van der Waals surface area contributed by atoms with Crippen LogP contribution in [-0.2, 0) is 10.2 Å². The van der Waals surface area contributed by atoms with Crippen molar-refractivity contribution in [1.29, 1.82) is 0 Å². The van der Waals surface area contributed by atoms with Crippen molar-refractivity contribution in [2.45, 2.75) is 38.0 Å². The molecule has 1 aliphatic carbocycles. The van der Waals surface area contributed by atoms with Gasteiger partial charge in [-0.1, -0.05) is 31.0 Å². The fraction of sp³-hybridized carbons (Fsp3) is 0.333. The Bertz CT molecular complexity index is 676. The average molecular weight is 298 g/mol. The van der Waals surface area contributed by atoms with Crippen molar-refractivity contribution in [3.8, 4) is 0 Å². The molecule has 2 aromatic rings. The highest BCUT2D eigenvalue weighted by Gasteiger charge is 2.43. The molecule has 3 rings (SSSR count). The average Bonchev–Trinajstić information content (AvgIpc) is 3.00. The summed E-state index contributed by atoms with van der Waals surface area (Å²) >= 11 is 0. The van der Waals surface area contributed by atoms with Gasteiger partial charge in [0.2, 0.25) is 5.91 Å². The standard InChI is InChI=1S/C18H19FN2O/c1-13-7-8-16(20-12-13)21-17(22)18(9-2-3-10-18)14-5-4-6-15(19)11-14/h4-8,11-12H,2-3,9-10H2,1H3,(H,20,21,22). The summed E-state index contributed by atoms with van der Waals surface area (Å²) in [7, 11) is 0. The number of benzene rings is 1. The summed E-state index contributed by atoms with van der Waals surface area (Å²) < 4.78 is 13.6. The number of aromatic nitrogens is 1. The third-order valence-electron chi connectivity index (χ3n) is 4.42. The number of carbonyl (C=O) groups excluding carboxylic acids is 1. The molecule has 1 saturated carbocycles. The van der Waals surface area contributed by atoms with Gasteiger partial charge in [-0.2, -0.15) is 0 Å². The van der Waals surface area contributed by atoms with E-state index in [1.807, 2.05) is 19.1 Å². The van der Waals surface area contributed by atoms with Crippen LogP contribution in [-0.4, -0.2) is 10.9 Å². The first-order valence-electron chi connectivity index (χ1n) is 7.60. The third kappa shape index (κ3) is 2.73. The molecule has 1 aliphatic rings. The van der Waals surface area contributed by atoms with E-state index in [0.29, 0.717) is 5.82 Å². The van der Waals surface area contributed by atoms with Crippen molar-refractivity contribution in [2.75, 3.05) is 5.32 Å². The Hall–Kier alpha value is -2.23. The van der Waals surface area contributed by atoms with Gasteiger partial charge in [0.1, 0.15) is 11.6 Å². The molecule has 0 saturated heterocycles. The second-order valence-corrected chi connectivity index (χ2v) is 5.97. The number of hydrogen-bond donors (Lipinski definition) is 1. The Balaban J connectivity index is 1.90. The third-order valence-corrected chi connectivity index (χ3v) is 4.42. The summed E-state index contributed by atoms with van der Waals surface area (Å²) in [6.07, 6.45) is 5.16. The zero-order valence-electron chi connectivity index (χ0n) is 12.6. The fourth-order valence-electron chi connectivity index (χ4n) is 3.19. The van der Waals surface area contributed by atoms with Crippen LogP contribution in [0.15, 0.2) is 42.6 Å². The number of aryl methyl sites for hydroxylation is 1. The minimum absolute atomic E-state index is 0.0908. The zero-order chi connectivity index (χ0) is 15.6. The first-order chi connectivity index (χ1) is 10.6. The number of pyridine rings is 1. The molecule has 1 heterocycles. The molecule has 4 heteroatoms. The van der Waals surface area contributed by atoms with Crippen LogP contribution >= 0.6 is 0 Å². The van der Waals surface area contributed by atoms with Gasteiger partial charge in [0.25, 0.3) is 0 Å². The number of hydrogen-bond acceptors (Lipinski definition) is 2. The number of nitrogens with one attached hydrogen (secondary N) is 1. The first-order valence-corrected chi connectivity index (χ1v) is 7.60. The largest absolute Gasteiger partial charge is 0.310 e. The maximum atomic E-state index is 13.6. The molecule has 114 valence electrons. The van der Waals surface area contributed by atoms with Gasteiger partial charge in [-0.15, -0.1) is 0 Å². The van der Waals surface area contributed by atoms with Gasteiger partial charge in [0, 0.05) is 6.20 Å². The first kappa shape index (κ1) is 14.7. The van der Waals surface area contributed by atoms with E-state index < -0.39 is 5.41 Å². The van der Waals surface area contributed by atoms with Crippen molar-refractivity contribution in [3.05, 3.63) is 59.5 Å². The summed E-state index contributed by atoms with van der Waals surface area (Å²) in [5.74, 6) is 0.148. The Morgan fingerprint density at radius 3 is 2.64 bits per heavy atom. The van der Waals surface area contributed by atoms with Gasteiger partial charge in [-0.3, -0.25) is 4.79 Å². The van der Waals surface area contributed by atoms with Crippen molar-refractivity contribution >= 4 is 11.7 Å². The lowest BCUT2D eigenvalue weighted by Crippen LogP contribution is -2.38. The zero-order valence-corrected chi connectivity index (χ0v) is 12.6. The second-order valence-electron chi connectivity index (χ2n) is 5.97. The van der Waals surface area contributed by atoms with Crippen LogP contribution in [0.3, 0.4) is 0 Å². The summed E-state index contributed by atoms with van der Waals surface area (Å²) in [5.41, 5.74) is 1.16. The van der Waals surface area contributed by atoms with Crippen LogP contribution in [0.5, 0.6) is 0 Å². The highest BCUT2D eigenvalue weighted by Crippen LogP contribution is 2.42. The summed E-state index contributed by atoms with van der Waals surface area (Å²) in [6.45, 7) is 1.95. The van der Waals surface area contributed by atoms with Crippen molar-refractivity contribution in [3.63, 3.8) is 0 Å². The van der Waals surface area contributed by atoms with Crippen LogP contribution in [0.2, 0.25) is 0 Å². The number of halogens is 1. The van der Waals surface area contributed by atoms with Crippen LogP contribution in [0.4, 0.5) is 10.2 Å². The Morgan fingerprint density at radius 1 is 1.23 bits per heavy atom. The lowest BCUT2D eigenvalue weighted by Gasteiger charge is -2.28. The molecule has 1 amide bonds. The van der Waals surface area contributed by atoms with Gasteiger partial charge >= 0.3 is 0 Å². The van der Waals surface area contributed by atoms with Gasteiger partial charge in [0.15, 0.2) is 0 Å². The molecule has 1 aromatic carbocycles. The molecule has 0 spiro atoms. The van der Waals surface area contributed by atoms with E-state index in [9.17, 15) is 9.18 Å².